The highest BCUT2D eigenvalue weighted by atomic mass is 35.5. The third kappa shape index (κ3) is 10.8. The van der Waals surface area contributed by atoms with E-state index >= 15 is 0 Å². The zero-order chi connectivity index (χ0) is 33.5. The molecule has 0 radical (unpaired) electrons. The molecule has 10 nitrogen and oxygen atoms in total. The van der Waals surface area contributed by atoms with E-state index < -0.39 is 49.0 Å². The largest absolute Gasteiger partial charge is 0.452 e. The Balaban J connectivity index is 1.89. The molecule has 0 bridgehead atoms. The maximum Gasteiger partial charge on any atom is 0.452 e. The van der Waals surface area contributed by atoms with Gasteiger partial charge in [0.25, 0.3) is 0 Å². The van der Waals surface area contributed by atoms with Crippen molar-refractivity contribution in [2.45, 2.75) is 91.2 Å². The van der Waals surface area contributed by atoms with Gasteiger partial charge in [0, 0.05) is 16.6 Å². The average molecular weight is 685 g/mol. The van der Waals surface area contributed by atoms with E-state index in [1.165, 1.54) is 4.90 Å². The van der Waals surface area contributed by atoms with Crippen LogP contribution in [-0.4, -0.2) is 52.8 Å². The Hall–Kier alpha value is -2.94. The lowest BCUT2D eigenvalue weighted by atomic mass is 10.0. The zero-order valence-electron chi connectivity index (χ0n) is 26.8. The Morgan fingerprint density at radius 1 is 0.911 bits per heavy atom. The van der Waals surface area contributed by atoms with Crippen LogP contribution < -0.4 is 19.7 Å². The van der Waals surface area contributed by atoms with Gasteiger partial charge in [0.15, 0.2) is 5.78 Å². The van der Waals surface area contributed by atoms with Crippen LogP contribution in [0.25, 0.3) is 0 Å². The number of nitrogens with one attached hydrogen (secondary N) is 2. The van der Waals surface area contributed by atoms with Gasteiger partial charge in [-0.3, -0.25) is 9.59 Å². The van der Waals surface area contributed by atoms with Crippen molar-refractivity contribution in [2.75, 3.05) is 6.54 Å². The van der Waals surface area contributed by atoms with Gasteiger partial charge in [-0.25, -0.2) is 9.36 Å². The monoisotopic (exact) mass is 683 g/mol. The summed E-state index contributed by atoms with van der Waals surface area (Å²) in [5.41, 5.74) is -0.744. The predicted molar refractivity (Wildman–Crippen MR) is 176 cm³/mol. The maximum absolute atomic E-state index is 14.7. The van der Waals surface area contributed by atoms with E-state index in [0.717, 1.165) is 0 Å². The summed E-state index contributed by atoms with van der Waals surface area (Å²) < 4.78 is 32.1. The van der Waals surface area contributed by atoms with Crippen molar-refractivity contribution in [1.82, 2.24) is 15.5 Å². The zero-order valence-corrected chi connectivity index (χ0v) is 29.2. The highest BCUT2D eigenvalue weighted by Gasteiger charge is 2.45. The van der Waals surface area contributed by atoms with Crippen LogP contribution >= 0.6 is 30.8 Å². The second-order valence-corrected chi connectivity index (χ2v) is 15.8. The lowest BCUT2D eigenvalue weighted by molar-refractivity contribution is -0.141. The minimum Gasteiger partial charge on any atom is -0.444 e. The van der Waals surface area contributed by atoms with Crippen molar-refractivity contribution in [3.05, 3.63) is 58.6 Å². The smallest absolute Gasteiger partial charge is 0.444 e. The number of rotatable bonds is 12. The first-order valence-corrected chi connectivity index (χ1v) is 17.4. The van der Waals surface area contributed by atoms with Crippen molar-refractivity contribution >= 4 is 48.7 Å². The first-order chi connectivity index (χ1) is 21.0. The molecule has 3 atom stereocenters. The second kappa shape index (κ2) is 15.6. The van der Waals surface area contributed by atoms with Gasteiger partial charge in [-0.1, -0.05) is 50.9 Å². The maximum atomic E-state index is 14.7. The first kappa shape index (κ1) is 36.5. The first-order valence-electron chi connectivity index (χ1n) is 15.1. The minimum atomic E-state index is -4.16. The van der Waals surface area contributed by atoms with Crippen molar-refractivity contribution in [2.24, 2.45) is 11.8 Å². The van der Waals surface area contributed by atoms with Crippen LogP contribution in [0.5, 0.6) is 11.5 Å². The number of hydrogen-bond acceptors (Lipinski definition) is 7. The number of hydrogen-bond donors (Lipinski definition) is 2. The number of amides is 3. The Morgan fingerprint density at radius 3 is 1.87 bits per heavy atom. The molecule has 1 fully saturated rings. The standard InChI is InChI=1S/C32H44Cl2N3O7P/c1-20(2)19-27(45(41,43-24-14-10-22(33)11-15-24)44-25-16-12-23(34)13-17-25)35-29(38)26-9-8-18-37(26)30(39)28(21(3)4)36-31(40)42-32(5,6)7/h10-17,20-21,26-28H,8-9,18-19H2,1-7H3,(H,35,38)(H,36,40)/t26-,27?,28-/m0/s1. The summed E-state index contributed by atoms with van der Waals surface area (Å²) in [6.45, 7) is 13.0. The lowest BCUT2D eigenvalue weighted by Crippen LogP contribution is -2.56. The highest BCUT2D eigenvalue weighted by molar-refractivity contribution is 7.55. The Morgan fingerprint density at radius 2 is 1.42 bits per heavy atom. The predicted octanol–water partition coefficient (Wildman–Crippen LogP) is 7.67. The van der Waals surface area contributed by atoms with Crippen LogP contribution in [0, 0.1) is 11.8 Å². The normalized spacial score (nSPS) is 16.7. The van der Waals surface area contributed by atoms with Gasteiger partial charge in [-0.05, 0) is 100 Å². The molecule has 1 aliphatic heterocycles. The molecule has 1 aliphatic rings. The topological polar surface area (TPSA) is 123 Å². The second-order valence-electron chi connectivity index (χ2n) is 12.8. The van der Waals surface area contributed by atoms with E-state index in [0.29, 0.717) is 29.4 Å². The van der Waals surface area contributed by atoms with Crippen LogP contribution in [0.1, 0.15) is 67.7 Å². The molecular weight excluding hydrogens is 640 g/mol. The number of benzene rings is 2. The summed E-state index contributed by atoms with van der Waals surface area (Å²) in [7, 11) is -4.16. The van der Waals surface area contributed by atoms with Gasteiger partial charge in [-0.2, -0.15) is 0 Å². The molecule has 45 heavy (non-hydrogen) atoms. The number of halogens is 2. The van der Waals surface area contributed by atoms with Gasteiger partial charge >= 0.3 is 13.7 Å². The highest BCUT2D eigenvalue weighted by Crippen LogP contribution is 2.54. The Bertz CT molecular complexity index is 1310. The van der Waals surface area contributed by atoms with E-state index in [9.17, 15) is 18.9 Å². The van der Waals surface area contributed by atoms with Crippen molar-refractivity contribution < 1.29 is 32.7 Å². The summed E-state index contributed by atoms with van der Waals surface area (Å²) in [5, 5.41) is 6.52. The molecule has 2 N–H and O–H groups in total. The fourth-order valence-electron chi connectivity index (χ4n) is 4.83. The van der Waals surface area contributed by atoms with Crippen LogP contribution in [0.2, 0.25) is 10.0 Å². The fourth-order valence-corrected chi connectivity index (χ4v) is 7.17. The van der Waals surface area contributed by atoms with Gasteiger partial charge in [0.05, 0.1) is 0 Å². The van der Waals surface area contributed by atoms with Crippen LogP contribution in [0.3, 0.4) is 0 Å². The van der Waals surface area contributed by atoms with E-state index in [4.69, 9.17) is 37.0 Å². The summed E-state index contributed by atoms with van der Waals surface area (Å²) in [5.74, 6) is -1.78. The molecular formula is C32H44Cl2N3O7P. The molecule has 0 spiro atoms. The fraction of sp³-hybridized carbons (Fsp3) is 0.531. The van der Waals surface area contributed by atoms with Crippen molar-refractivity contribution in [3.63, 3.8) is 0 Å². The van der Waals surface area contributed by atoms with Gasteiger partial charge in [0.2, 0.25) is 11.8 Å². The summed E-state index contributed by atoms with van der Waals surface area (Å²) in [6, 6.07) is 10.9. The third-order valence-electron chi connectivity index (χ3n) is 6.92. The number of carbonyl (C=O) groups excluding carboxylic acids is 3. The van der Waals surface area contributed by atoms with E-state index in [1.54, 1.807) is 69.3 Å². The average Bonchev–Trinajstić information content (AvgIpc) is 3.42. The van der Waals surface area contributed by atoms with Crippen LogP contribution in [0.15, 0.2) is 48.5 Å². The molecule has 2 aromatic rings. The van der Waals surface area contributed by atoms with Crippen LogP contribution in [-0.2, 0) is 18.9 Å². The number of ether oxygens (including phenoxy) is 1. The lowest BCUT2D eigenvalue weighted by Gasteiger charge is -2.33. The number of likely N-dealkylation sites (tertiary alicyclic amines) is 1. The molecule has 2 aromatic carbocycles. The molecule has 1 heterocycles. The molecule has 1 unspecified atom stereocenters. The Kier molecular flexibility index (Phi) is 12.6. The van der Waals surface area contributed by atoms with E-state index in [-0.39, 0.29) is 29.8 Å². The molecule has 3 rings (SSSR count). The molecule has 3 amide bonds. The quantitative estimate of drug-likeness (QED) is 0.220. The molecule has 248 valence electrons. The minimum absolute atomic E-state index is 0.0177. The van der Waals surface area contributed by atoms with Gasteiger partial charge < -0.3 is 29.3 Å². The van der Waals surface area contributed by atoms with Crippen LogP contribution in [0.4, 0.5) is 4.79 Å². The third-order valence-corrected chi connectivity index (χ3v) is 9.46. The van der Waals surface area contributed by atoms with E-state index in [1.807, 2.05) is 27.7 Å². The van der Waals surface area contributed by atoms with Crippen molar-refractivity contribution in [3.8, 4) is 11.5 Å². The van der Waals surface area contributed by atoms with E-state index in [2.05, 4.69) is 10.6 Å². The summed E-state index contributed by atoms with van der Waals surface area (Å²) >= 11 is 12.1. The van der Waals surface area contributed by atoms with Crippen molar-refractivity contribution in [1.29, 1.82) is 0 Å². The van der Waals surface area contributed by atoms with Gasteiger partial charge in [-0.15, -0.1) is 0 Å². The Labute approximate surface area is 276 Å². The molecule has 1 saturated heterocycles. The number of alkyl carbamates (subject to hydrolysis) is 1. The number of carbonyl (C=O) groups is 3. The molecule has 13 heteroatoms. The molecule has 0 aliphatic carbocycles. The molecule has 0 saturated carbocycles. The van der Waals surface area contributed by atoms with Gasteiger partial charge in [0.1, 0.15) is 29.2 Å². The number of nitrogens with zero attached hydrogens (tertiary/aromatic N) is 1. The summed E-state index contributed by atoms with van der Waals surface area (Å²) in [4.78, 5) is 41.7. The summed E-state index contributed by atoms with van der Waals surface area (Å²) in [6.07, 6.45) is 0.505. The molecule has 0 aromatic heterocycles. The SMILES string of the molecule is CC(C)CC(NC(=O)[C@@H]1CCCN1C(=O)[C@@H](NC(=O)OC(C)(C)C)C(C)C)P(=O)(Oc1ccc(Cl)cc1)Oc1ccc(Cl)cc1.